The van der Waals surface area contributed by atoms with Crippen LogP contribution in [0.4, 0.5) is 0 Å². The predicted molar refractivity (Wildman–Crippen MR) is 35.5 cm³/mol. The van der Waals surface area contributed by atoms with Gasteiger partial charge in [0.15, 0.2) is 0 Å². The van der Waals surface area contributed by atoms with Crippen molar-refractivity contribution in [3.8, 4) is 0 Å². The average molecular weight is 141 g/mol. The summed E-state index contributed by atoms with van der Waals surface area (Å²) >= 11 is 0. The van der Waals surface area contributed by atoms with Crippen LogP contribution >= 0.6 is 0 Å². The van der Waals surface area contributed by atoms with E-state index in [1.807, 2.05) is 0 Å². The smallest absolute Gasteiger partial charge is 0.307 e. The van der Waals surface area contributed by atoms with Crippen LogP contribution in [0.5, 0.6) is 0 Å². The van der Waals surface area contributed by atoms with E-state index in [0.29, 0.717) is 12.5 Å². The van der Waals surface area contributed by atoms with Crippen molar-refractivity contribution < 1.29 is 9.53 Å². The number of fused-ring (bicyclic) bond motifs is 1. The molecule has 56 valence electrons. The van der Waals surface area contributed by atoms with Gasteiger partial charge in [-0.3, -0.25) is 4.79 Å². The molecule has 2 aliphatic heterocycles. The summed E-state index contributed by atoms with van der Waals surface area (Å²) in [6.45, 7) is 1.04. The molecule has 3 heteroatoms. The molecule has 2 fully saturated rings. The highest BCUT2D eigenvalue weighted by Crippen LogP contribution is 2.21. The Balaban J connectivity index is 2.04. The van der Waals surface area contributed by atoms with E-state index >= 15 is 0 Å². The third-order valence-corrected chi connectivity index (χ3v) is 2.19. The molecule has 0 bridgehead atoms. The Labute approximate surface area is 59.7 Å². The van der Waals surface area contributed by atoms with Crippen LogP contribution in [0, 0.1) is 0 Å². The van der Waals surface area contributed by atoms with Crippen molar-refractivity contribution in [2.45, 2.75) is 31.4 Å². The normalized spacial score (nSPS) is 39.0. The lowest BCUT2D eigenvalue weighted by atomic mass is 10.0. The minimum Gasteiger partial charge on any atom is -0.461 e. The number of rotatable bonds is 0. The van der Waals surface area contributed by atoms with Gasteiger partial charge in [-0.2, -0.15) is 0 Å². The number of carbonyl (C=O) groups is 1. The number of piperidine rings is 1. The highest BCUT2D eigenvalue weighted by atomic mass is 16.6. The third kappa shape index (κ3) is 0.904. The number of ether oxygens (including phenoxy) is 1. The molecule has 0 radical (unpaired) electrons. The molecular weight excluding hydrogens is 130 g/mol. The Kier molecular flexibility index (Phi) is 1.38. The Morgan fingerprint density at radius 1 is 1.60 bits per heavy atom. The second kappa shape index (κ2) is 2.23. The van der Waals surface area contributed by atoms with Gasteiger partial charge in [0.05, 0.1) is 12.5 Å². The maximum Gasteiger partial charge on any atom is 0.307 e. The molecule has 0 aliphatic carbocycles. The lowest BCUT2D eigenvalue weighted by Gasteiger charge is -2.23. The quantitative estimate of drug-likeness (QED) is 0.484. The molecule has 2 heterocycles. The lowest BCUT2D eigenvalue weighted by Crippen LogP contribution is -2.41. The van der Waals surface area contributed by atoms with E-state index in [9.17, 15) is 4.79 Å². The van der Waals surface area contributed by atoms with Crippen LogP contribution < -0.4 is 5.32 Å². The first kappa shape index (κ1) is 6.16. The largest absolute Gasteiger partial charge is 0.461 e. The van der Waals surface area contributed by atoms with Crippen LogP contribution in [0.1, 0.15) is 19.3 Å². The Bertz CT molecular complexity index is 142. The van der Waals surface area contributed by atoms with Crippen molar-refractivity contribution in [1.82, 2.24) is 5.32 Å². The fourth-order valence-corrected chi connectivity index (χ4v) is 1.66. The van der Waals surface area contributed by atoms with E-state index in [0.717, 1.165) is 19.4 Å². The third-order valence-electron chi connectivity index (χ3n) is 2.19. The van der Waals surface area contributed by atoms with Crippen molar-refractivity contribution in [1.29, 1.82) is 0 Å². The number of hydrogen-bond acceptors (Lipinski definition) is 3. The summed E-state index contributed by atoms with van der Waals surface area (Å²) in [5, 5.41) is 3.27. The number of nitrogens with one attached hydrogen (secondary N) is 1. The summed E-state index contributed by atoms with van der Waals surface area (Å²) in [5.41, 5.74) is 0. The van der Waals surface area contributed by atoms with E-state index in [2.05, 4.69) is 5.32 Å². The maximum atomic E-state index is 10.7. The molecule has 2 rings (SSSR count). The van der Waals surface area contributed by atoms with E-state index in [-0.39, 0.29) is 12.1 Å². The van der Waals surface area contributed by atoms with Crippen LogP contribution in [-0.4, -0.2) is 24.7 Å². The fraction of sp³-hybridized carbons (Fsp3) is 0.857. The molecule has 1 N–H and O–H groups in total. The van der Waals surface area contributed by atoms with Gasteiger partial charge < -0.3 is 10.1 Å². The van der Waals surface area contributed by atoms with E-state index in [1.54, 1.807) is 0 Å². The molecule has 0 aromatic heterocycles. The maximum absolute atomic E-state index is 10.7. The molecule has 0 saturated carbocycles. The second-order valence-corrected chi connectivity index (χ2v) is 2.94. The van der Waals surface area contributed by atoms with Crippen molar-refractivity contribution in [2.75, 3.05) is 6.54 Å². The van der Waals surface area contributed by atoms with Crippen LogP contribution in [-0.2, 0) is 9.53 Å². The topological polar surface area (TPSA) is 38.3 Å². The fourth-order valence-electron chi connectivity index (χ4n) is 1.66. The van der Waals surface area contributed by atoms with Gasteiger partial charge in [-0.05, 0) is 19.4 Å². The summed E-state index contributed by atoms with van der Waals surface area (Å²) in [6, 6.07) is 0.321. The highest BCUT2D eigenvalue weighted by molar-refractivity contribution is 5.72. The molecular formula is C7H11NO2. The van der Waals surface area contributed by atoms with Gasteiger partial charge in [-0.25, -0.2) is 0 Å². The van der Waals surface area contributed by atoms with Crippen LogP contribution in [0.15, 0.2) is 0 Å². The molecule has 0 amide bonds. The number of esters is 1. The van der Waals surface area contributed by atoms with Gasteiger partial charge >= 0.3 is 5.97 Å². The zero-order valence-electron chi connectivity index (χ0n) is 5.80. The van der Waals surface area contributed by atoms with Gasteiger partial charge in [0.25, 0.3) is 0 Å². The summed E-state index contributed by atoms with van der Waals surface area (Å²) in [4.78, 5) is 10.7. The average Bonchev–Trinajstić information content (AvgIpc) is 2.27. The van der Waals surface area contributed by atoms with Crippen molar-refractivity contribution in [3.05, 3.63) is 0 Å². The van der Waals surface area contributed by atoms with Crippen molar-refractivity contribution in [3.63, 3.8) is 0 Å². The standard InChI is InChI=1S/C7H11NO2/c9-7-4-5-6(10-7)2-1-3-8-5/h5-6,8H,1-4H2/t5-,6+/m1/s1. The molecule has 3 nitrogen and oxygen atoms in total. The first-order valence-corrected chi connectivity index (χ1v) is 3.79. The van der Waals surface area contributed by atoms with Gasteiger partial charge in [0.1, 0.15) is 6.10 Å². The van der Waals surface area contributed by atoms with E-state index in [1.165, 1.54) is 0 Å². The molecule has 0 aromatic rings. The molecule has 2 atom stereocenters. The van der Waals surface area contributed by atoms with Crippen LogP contribution in [0.2, 0.25) is 0 Å². The molecule has 10 heavy (non-hydrogen) atoms. The minimum absolute atomic E-state index is 0.0376. The van der Waals surface area contributed by atoms with Gasteiger partial charge in [0, 0.05) is 0 Å². The van der Waals surface area contributed by atoms with Crippen LogP contribution in [0.25, 0.3) is 0 Å². The Morgan fingerprint density at radius 2 is 2.50 bits per heavy atom. The Hall–Kier alpha value is -0.570. The molecule has 2 saturated heterocycles. The second-order valence-electron chi connectivity index (χ2n) is 2.94. The van der Waals surface area contributed by atoms with Gasteiger partial charge in [-0.1, -0.05) is 0 Å². The number of carbonyl (C=O) groups excluding carboxylic acids is 1. The monoisotopic (exact) mass is 141 g/mol. The summed E-state index contributed by atoms with van der Waals surface area (Å²) in [6.07, 6.45) is 2.93. The zero-order chi connectivity index (χ0) is 6.97. The van der Waals surface area contributed by atoms with Gasteiger partial charge in [-0.15, -0.1) is 0 Å². The van der Waals surface area contributed by atoms with Gasteiger partial charge in [0.2, 0.25) is 0 Å². The predicted octanol–water partition coefficient (Wildman–Crippen LogP) is 0.0539. The first-order chi connectivity index (χ1) is 4.86. The zero-order valence-corrected chi connectivity index (χ0v) is 5.80. The molecule has 0 unspecified atom stereocenters. The Morgan fingerprint density at radius 3 is 3.30 bits per heavy atom. The summed E-state index contributed by atoms with van der Waals surface area (Å²) in [7, 11) is 0. The number of hydrogen-bond donors (Lipinski definition) is 1. The molecule has 2 aliphatic rings. The van der Waals surface area contributed by atoms with Crippen LogP contribution in [0.3, 0.4) is 0 Å². The van der Waals surface area contributed by atoms with Crippen molar-refractivity contribution in [2.24, 2.45) is 0 Å². The highest BCUT2D eigenvalue weighted by Gasteiger charge is 2.35. The first-order valence-electron chi connectivity index (χ1n) is 3.79. The lowest BCUT2D eigenvalue weighted by molar-refractivity contribution is -0.141. The van der Waals surface area contributed by atoms with Crippen molar-refractivity contribution >= 4 is 5.97 Å². The minimum atomic E-state index is -0.0376. The van der Waals surface area contributed by atoms with E-state index < -0.39 is 0 Å². The SMILES string of the molecule is O=C1C[C@H]2NCCC[C@@H]2O1. The molecule has 0 spiro atoms. The summed E-state index contributed by atoms with van der Waals surface area (Å²) < 4.78 is 5.06. The summed E-state index contributed by atoms with van der Waals surface area (Å²) in [5.74, 6) is -0.0376. The molecule has 0 aromatic carbocycles. The van der Waals surface area contributed by atoms with E-state index in [4.69, 9.17) is 4.74 Å².